The van der Waals surface area contributed by atoms with Crippen LogP contribution < -0.4 is 19.7 Å². The minimum absolute atomic E-state index is 0.0254. The Hall–Kier alpha value is -4.61. The molecule has 2 aromatic carbocycles. The van der Waals surface area contributed by atoms with Crippen molar-refractivity contribution in [2.24, 2.45) is 0 Å². The number of imide groups is 1. The van der Waals surface area contributed by atoms with Gasteiger partial charge in [0.2, 0.25) is 0 Å². The van der Waals surface area contributed by atoms with Crippen LogP contribution in [0.1, 0.15) is 21.6 Å². The highest BCUT2D eigenvalue weighted by Crippen LogP contribution is 2.28. The third kappa shape index (κ3) is 6.34. The van der Waals surface area contributed by atoms with Gasteiger partial charge in [0, 0.05) is 19.3 Å². The number of carbonyl (C=O) groups is 3. The fourth-order valence-electron chi connectivity index (χ4n) is 3.66. The maximum Gasteiger partial charge on any atom is 0.573 e. The first kappa shape index (κ1) is 25.5. The molecule has 0 saturated carbocycles. The van der Waals surface area contributed by atoms with E-state index in [0.717, 1.165) is 22.6 Å². The first-order chi connectivity index (χ1) is 17.6. The number of ether oxygens (including phenoxy) is 2. The van der Waals surface area contributed by atoms with Gasteiger partial charge in [0.1, 0.15) is 23.7 Å². The summed E-state index contributed by atoms with van der Waals surface area (Å²) in [6.07, 6.45) is -3.43. The summed E-state index contributed by atoms with van der Waals surface area (Å²) in [5.41, 5.74) is 1.69. The van der Waals surface area contributed by atoms with E-state index in [1.165, 1.54) is 29.3 Å². The molecule has 4 amide bonds. The molecule has 12 heteroatoms. The van der Waals surface area contributed by atoms with Gasteiger partial charge in [0.25, 0.3) is 11.8 Å². The molecule has 37 heavy (non-hydrogen) atoms. The van der Waals surface area contributed by atoms with Crippen molar-refractivity contribution >= 4 is 23.5 Å². The van der Waals surface area contributed by atoms with Crippen LogP contribution in [0.2, 0.25) is 0 Å². The summed E-state index contributed by atoms with van der Waals surface area (Å²) < 4.78 is 46.0. The first-order valence-corrected chi connectivity index (χ1v) is 11.0. The average Bonchev–Trinajstić information content (AvgIpc) is 3.15. The molecule has 0 spiro atoms. The van der Waals surface area contributed by atoms with Crippen LogP contribution in [0, 0.1) is 0 Å². The maximum absolute atomic E-state index is 12.9. The standard InChI is InChI=1S/C25H21F3N4O5/c1-36-19-6-2-16(3-7-19)13-30-23(34)21-12-17(10-11-29-21)14-31-15-22(33)32(24(31)35)18-4-8-20(9-5-18)37-25(26,27)28/h2-12H,13-15H2,1H3,(H,30,34). The van der Waals surface area contributed by atoms with Crippen molar-refractivity contribution in [3.8, 4) is 11.5 Å². The third-order valence-corrected chi connectivity index (χ3v) is 5.41. The van der Waals surface area contributed by atoms with Crippen molar-refractivity contribution in [1.82, 2.24) is 15.2 Å². The Kier molecular flexibility index (Phi) is 7.27. The molecular formula is C25H21F3N4O5. The summed E-state index contributed by atoms with van der Waals surface area (Å²) in [6.45, 7) is 0.0637. The number of halogens is 3. The molecular weight excluding hydrogens is 493 g/mol. The Balaban J connectivity index is 1.38. The summed E-state index contributed by atoms with van der Waals surface area (Å²) in [7, 11) is 1.56. The van der Waals surface area contributed by atoms with E-state index in [9.17, 15) is 27.6 Å². The van der Waals surface area contributed by atoms with Gasteiger partial charge >= 0.3 is 12.4 Å². The van der Waals surface area contributed by atoms with Gasteiger partial charge in [-0.2, -0.15) is 0 Å². The van der Waals surface area contributed by atoms with Gasteiger partial charge in [-0.25, -0.2) is 9.69 Å². The lowest BCUT2D eigenvalue weighted by Gasteiger charge is -2.18. The van der Waals surface area contributed by atoms with Gasteiger partial charge in [-0.15, -0.1) is 13.2 Å². The number of carbonyl (C=O) groups excluding carboxylic acids is 3. The normalized spacial score (nSPS) is 13.6. The smallest absolute Gasteiger partial charge is 0.497 e. The minimum Gasteiger partial charge on any atom is -0.497 e. The molecule has 1 aromatic heterocycles. The van der Waals surface area contributed by atoms with E-state index < -0.39 is 30.0 Å². The fourth-order valence-corrected chi connectivity index (χ4v) is 3.66. The Morgan fingerprint density at radius 1 is 1.00 bits per heavy atom. The SMILES string of the molecule is COc1ccc(CNC(=O)c2cc(CN3CC(=O)N(c4ccc(OC(F)(F)F)cc4)C3=O)ccn2)cc1. The highest BCUT2D eigenvalue weighted by Gasteiger charge is 2.37. The summed E-state index contributed by atoms with van der Waals surface area (Å²) >= 11 is 0. The number of nitrogens with one attached hydrogen (secondary N) is 1. The van der Waals surface area contributed by atoms with Crippen LogP contribution in [0.15, 0.2) is 66.9 Å². The number of urea groups is 1. The van der Waals surface area contributed by atoms with Crippen LogP contribution >= 0.6 is 0 Å². The maximum atomic E-state index is 12.9. The number of anilines is 1. The molecule has 3 aromatic rings. The Morgan fingerprint density at radius 2 is 1.68 bits per heavy atom. The lowest BCUT2D eigenvalue weighted by molar-refractivity contribution is -0.274. The number of aromatic nitrogens is 1. The number of hydrogen-bond acceptors (Lipinski definition) is 6. The highest BCUT2D eigenvalue weighted by atomic mass is 19.4. The number of alkyl halides is 3. The second-order valence-electron chi connectivity index (χ2n) is 7.99. The van der Waals surface area contributed by atoms with Crippen molar-refractivity contribution in [2.75, 3.05) is 18.6 Å². The number of hydrogen-bond donors (Lipinski definition) is 1. The fraction of sp³-hybridized carbons (Fsp3) is 0.200. The van der Waals surface area contributed by atoms with Crippen molar-refractivity contribution in [3.05, 3.63) is 83.7 Å². The molecule has 0 radical (unpaired) electrons. The van der Waals surface area contributed by atoms with E-state index >= 15 is 0 Å². The predicted molar refractivity (Wildman–Crippen MR) is 125 cm³/mol. The highest BCUT2D eigenvalue weighted by molar-refractivity contribution is 6.19. The van der Waals surface area contributed by atoms with Crippen molar-refractivity contribution < 1.29 is 37.0 Å². The van der Waals surface area contributed by atoms with E-state index in [0.29, 0.717) is 11.3 Å². The lowest BCUT2D eigenvalue weighted by Crippen LogP contribution is -2.32. The van der Waals surface area contributed by atoms with Crippen LogP contribution in [-0.4, -0.2) is 47.7 Å². The largest absolute Gasteiger partial charge is 0.573 e. The Morgan fingerprint density at radius 3 is 2.32 bits per heavy atom. The molecule has 1 aliphatic heterocycles. The van der Waals surface area contributed by atoms with Crippen molar-refractivity contribution in [1.29, 1.82) is 0 Å². The minimum atomic E-state index is -4.85. The molecule has 4 rings (SSSR count). The predicted octanol–water partition coefficient (Wildman–Crippen LogP) is 3.89. The number of methoxy groups -OCH3 is 1. The molecule has 1 aliphatic rings. The number of benzene rings is 2. The molecule has 1 fully saturated rings. The Labute approximate surface area is 209 Å². The van der Waals surface area contributed by atoms with E-state index in [-0.39, 0.29) is 31.0 Å². The van der Waals surface area contributed by atoms with Gasteiger partial charge in [-0.05, 0) is 59.7 Å². The van der Waals surface area contributed by atoms with Crippen molar-refractivity contribution in [3.63, 3.8) is 0 Å². The van der Waals surface area contributed by atoms with Crippen LogP contribution in [-0.2, 0) is 17.9 Å². The van der Waals surface area contributed by atoms with Gasteiger partial charge in [-0.1, -0.05) is 12.1 Å². The molecule has 0 aliphatic carbocycles. The molecule has 0 atom stereocenters. The molecule has 0 unspecified atom stereocenters. The summed E-state index contributed by atoms with van der Waals surface area (Å²) in [6, 6.07) is 14.1. The van der Waals surface area contributed by atoms with Gasteiger partial charge in [0.05, 0.1) is 12.8 Å². The first-order valence-electron chi connectivity index (χ1n) is 11.0. The second kappa shape index (κ2) is 10.6. The zero-order valence-electron chi connectivity index (χ0n) is 19.5. The molecule has 9 nitrogen and oxygen atoms in total. The van der Waals surface area contributed by atoms with E-state index in [1.54, 1.807) is 25.3 Å². The summed E-state index contributed by atoms with van der Waals surface area (Å²) in [4.78, 5) is 44.2. The molecule has 192 valence electrons. The monoisotopic (exact) mass is 514 g/mol. The Bertz CT molecular complexity index is 1300. The van der Waals surface area contributed by atoms with Crippen LogP contribution in [0.4, 0.5) is 23.7 Å². The number of rotatable bonds is 8. The molecule has 1 saturated heterocycles. The third-order valence-electron chi connectivity index (χ3n) is 5.41. The summed E-state index contributed by atoms with van der Waals surface area (Å²) in [5, 5.41) is 2.77. The lowest BCUT2D eigenvalue weighted by atomic mass is 10.2. The van der Waals surface area contributed by atoms with E-state index in [1.807, 2.05) is 12.1 Å². The second-order valence-corrected chi connectivity index (χ2v) is 7.99. The zero-order chi connectivity index (χ0) is 26.6. The number of amides is 4. The quantitative estimate of drug-likeness (QED) is 0.458. The van der Waals surface area contributed by atoms with E-state index in [2.05, 4.69) is 15.0 Å². The summed E-state index contributed by atoms with van der Waals surface area (Å²) in [5.74, 6) is -0.725. The van der Waals surface area contributed by atoms with E-state index in [4.69, 9.17) is 4.74 Å². The zero-order valence-corrected chi connectivity index (χ0v) is 19.5. The van der Waals surface area contributed by atoms with Crippen LogP contribution in [0.3, 0.4) is 0 Å². The molecule has 1 N–H and O–H groups in total. The molecule has 0 bridgehead atoms. The number of pyridine rings is 1. The average molecular weight is 514 g/mol. The number of nitrogens with zero attached hydrogens (tertiary/aromatic N) is 3. The van der Waals surface area contributed by atoms with Crippen LogP contribution in [0.5, 0.6) is 11.5 Å². The van der Waals surface area contributed by atoms with Gasteiger partial charge < -0.3 is 19.7 Å². The van der Waals surface area contributed by atoms with Gasteiger partial charge in [0.15, 0.2) is 0 Å². The molecule has 2 heterocycles. The van der Waals surface area contributed by atoms with Crippen LogP contribution in [0.25, 0.3) is 0 Å². The van der Waals surface area contributed by atoms with Gasteiger partial charge in [-0.3, -0.25) is 14.6 Å². The van der Waals surface area contributed by atoms with Crippen molar-refractivity contribution in [2.45, 2.75) is 19.5 Å². The topological polar surface area (TPSA) is 101 Å².